The first-order valence-electron chi connectivity index (χ1n) is 5.66. The van der Waals surface area contributed by atoms with Crippen molar-refractivity contribution in [3.05, 3.63) is 11.6 Å². The van der Waals surface area contributed by atoms with Gasteiger partial charge in [0.05, 0.1) is 5.92 Å². The summed E-state index contributed by atoms with van der Waals surface area (Å²) < 4.78 is 5.36. The first kappa shape index (κ1) is 11.4. The van der Waals surface area contributed by atoms with Crippen LogP contribution in [0.5, 0.6) is 0 Å². The van der Waals surface area contributed by atoms with E-state index in [-0.39, 0.29) is 23.8 Å². The van der Waals surface area contributed by atoms with Crippen molar-refractivity contribution in [2.75, 3.05) is 0 Å². The van der Waals surface area contributed by atoms with Crippen molar-refractivity contribution in [3.63, 3.8) is 0 Å². The monoisotopic (exact) mass is 222 g/mol. The molecule has 0 aromatic heterocycles. The highest BCUT2D eigenvalue weighted by Gasteiger charge is 2.73. The molecule has 0 aromatic rings. The van der Waals surface area contributed by atoms with Crippen molar-refractivity contribution < 1.29 is 14.3 Å². The third-order valence-corrected chi connectivity index (χ3v) is 4.26. The lowest BCUT2D eigenvalue weighted by Gasteiger charge is -2.28. The van der Waals surface area contributed by atoms with Crippen LogP contribution in [0.2, 0.25) is 0 Å². The molecule has 0 aromatic carbocycles. The van der Waals surface area contributed by atoms with E-state index in [4.69, 9.17) is 4.74 Å². The Labute approximate surface area is 95.9 Å². The number of fused-ring (bicyclic) bond motifs is 2. The SMILES string of the molecule is CC(C)=CC1(C)C2OC(=O)[C@@]1(C)C(=O)C2C. The molecule has 3 nitrogen and oxygen atoms in total. The number of ether oxygens (including phenoxy) is 1. The summed E-state index contributed by atoms with van der Waals surface area (Å²) in [6.45, 7) is 9.48. The van der Waals surface area contributed by atoms with Crippen LogP contribution in [0.4, 0.5) is 0 Å². The highest BCUT2D eigenvalue weighted by molar-refractivity contribution is 6.10. The fraction of sp³-hybridized carbons (Fsp3) is 0.692. The second kappa shape index (κ2) is 2.96. The van der Waals surface area contributed by atoms with Gasteiger partial charge in [0, 0.05) is 5.41 Å². The quantitative estimate of drug-likeness (QED) is 0.388. The van der Waals surface area contributed by atoms with Crippen LogP contribution in [0.25, 0.3) is 0 Å². The molecule has 1 aliphatic heterocycles. The first-order chi connectivity index (χ1) is 7.25. The number of carbonyl (C=O) groups excluding carboxylic acids is 2. The van der Waals surface area contributed by atoms with Crippen LogP contribution < -0.4 is 0 Å². The molecule has 2 aliphatic rings. The third kappa shape index (κ3) is 0.989. The van der Waals surface area contributed by atoms with Gasteiger partial charge < -0.3 is 4.74 Å². The molecule has 2 bridgehead atoms. The molecule has 0 spiro atoms. The normalized spacial score (nSPS) is 45.8. The number of esters is 1. The van der Waals surface area contributed by atoms with Gasteiger partial charge in [0.2, 0.25) is 0 Å². The maximum absolute atomic E-state index is 12.2. The van der Waals surface area contributed by atoms with Gasteiger partial charge in [0.25, 0.3) is 0 Å². The Balaban J connectivity index is 2.62. The molecule has 0 amide bonds. The lowest BCUT2D eigenvalue weighted by Crippen LogP contribution is -2.41. The molecule has 88 valence electrons. The van der Waals surface area contributed by atoms with Gasteiger partial charge in [-0.1, -0.05) is 25.5 Å². The van der Waals surface area contributed by atoms with Crippen LogP contribution in [-0.4, -0.2) is 17.9 Å². The second-order valence-electron chi connectivity index (χ2n) is 5.61. The van der Waals surface area contributed by atoms with Crippen molar-refractivity contribution in [2.24, 2.45) is 16.7 Å². The zero-order valence-electron chi connectivity index (χ0n) is 10.5. The van der Waals surface area contributed by atoms with Crippen molar-refractivity contribution in [3.8, 4) is 0 Å². The highest BCUT2D eigenvalue weighted by atomic mass is 16.6. The molecule has 1 heterocycles. The summed E-state index contributed by atoms with van der Waals surface area (Å²) in [6.07, 6.45) is 1.72. The lowest BCUT2D eigenvalue weighted by molar-refractivity contribution is -0.161. The predicted octanol–water partition coefficient (Wildman–Crippen LogP) is 2.11. The van der Waals surface area contributed by atoms with E-state index in [1.165, 1.54) is 0 Å². The van der Waals surface area contributed by atoms with Crippen molar-refractivity contribution in [1.29, 1.82) is 0 Å². The van der Waals surface area contributed by atoms with Crippen molar-refractivity contribution >= 4 is 11.8 Å². The van der Waals surface area contributed by atoms with Crippen molar-refractivity contribution in [2.45, 2.75) is 40.7 Å². The number of ketones is 1. The summed E-state index contributed by atoms with van der Waals surface area (Å²) in [5.74, 6) is -0.530. The summed E-state index contributed by atoms with van der Waals surface area (Å²) in [5.41, 5.74) is -0.368. The van der Waals surface area contributed by atoms with Crippen LogP contribution >= 0.6 is 0 Å². The minimum atomic E-state index is -0.992. The zero-order valence-corrected chi connectivity index (χ0v) is 10.5. The highest BCUT2D eigenvalue weighted by Crippen LogP contribution is 2.60. The van der Waals surface area contributed by atoms with Gasteiger partial charge in [-0.05, 0) is 20.8 Å². The molecule has 1 aliphatic carbocycles. The second-order valence-corrected chi connectivity index (χ2v) is 5.61. The van der Waals surface area contributed by atoms with E-state index in [1.54, 1.807) is 6.92 Å². The summed E-state index contributed by atoms with van der Waals surface area (Å²) in [6, 6.07) is 0. The number of hydrogen-bond acceptors (Lipinski definition) is 3. The predicted molar refractivity (Wildman–Crippen MR) is 59.7 cm³/mol. The molecule has 0 N–H and O–H groups in total. The molecule has 3 heteroatoms. The molecule has 2 fully saturated rings. The summed E-state index contributed by atoms with van der Waals surface area (Å²) in [5, 5.41) is 0. The van der Waals surface area contributed by atoms with E-state index in [2.05, 4.69) is 0 Å². The minimum Gasteiger partial charge on any atom is -0.460 e. The molecule has 3 unspecified atom stereocenters. The van der Waals surface area contributed by atoms with Gasteiger partial charge in [-0.15, -0.1) is 0 Å². The average Bonchev–Trinajstić information content (AvgIpc) is 2.42. The summed E-state index contributed by atoms with van der Waals surface area (Å²) in [7, 11) is 0. The zero-order chi connectivity index (χ0) is 12.3. The largest absolute Gasteiger partial charge is 0.460 e. The van der Waals surface area contributed by atoms with Crippen molar-refractivity contribution in [1.82, 2.24) is 0 Å². The van der Waals surface area contributed by atoms with Crippen LogP contribution in [0.3, 0.4) is 0 Å². The number of hydrogen-bond donors (Lipinski definition) is 0. The standard InChI is InChI=1S/C13H18O3/c1-7(2)6-12(4)10-8(3)9(14)13(12,5)11(15)16-10/h6,8,10H,1-5H3/t8?,10?,12?,13-/m1/s1. The van der Waals surface area contributed by atoms with Crippen LogP contribution in [0, 0.1) is 16.7 Å². The van der Waals surface area contributed by atoms with Gasteiger partial charge in [0.15, 0.2) is 5.78 Å². The maximum atomic E-state index is 12.2. The Kier molecular flexibility index (Phi) is 2.10. The summed E-state index contributed by atoms with van der Waals surface area (Å²) >= 11 is 0. The van der Waals surface area contributed by atoms with Gasteiger partial charge in [0.1, 0.15) is 11.5 Å². The van der Waals surface area contributed by atoms with E-state index in [9.17, 15) is 9.59 Å². The fourth-order valence-electron chi connectivity index (χ4n) is 3.27. The van der Waals surface area contributed by atoms with E-state index in [0.717, 1.165) is 5.57 Å². The van der Waals surface area contributed by atoms with Crippen LogP contribution in [0.1, 0.15) is 34.6 Å². The first-order valence-corrected chi connectivity index (χ1v) is 5.66. The van der Waals surface area contributed by atoms with Crippen LogP contribution in [0.15, 0.2) is 11.6 Å². The molecule has 16 heavy (non-hydrogen) atoms. The molecule has 2 rings (SSSR count). The van der Waals surface area contributed by atoms with Crippen LogP contribution in [-0.2, 0) is 14.3 Å². The minimum absolute atomic E-state index is 0.0220. The Morgan fingerprint density at radius 1 is 1.31 bits per heavy atom. The van der Waals surface area contributed by atoms with Gasteiger partial charge >= 0.3 is 5.97 Å². The van der Waals surface area contributed by atoms with E-state index >= 15 is 0 Å². The van der Waals surface area contributed by atoms with Gasteiger partial charge in [-0.2, -0.15) is 0 Å². The number of rotatable bonds is 1. The number of allylic oxidation sites excluding steroid dienone is 1. The molecule has 1 saturated heterocycles. The third-order valence-electron chi connectivity index (χ3n) is 4.26. The van der Waals surface area contributed by atoms with E-state index in [0.29, 0.717) is 0 Å². The van der Waals surface area contributed by atoms with E-state index in [1.807, 2.05) is 33.8 Å². The lowest BCUT2D eigenvalue weighted by atomic mass is 9.68. The van der Waals surface area contributed by atoms with E-state index < -0.39 is 10.8 Å². The maximum Gasteiger partial charge on any atom is 0.320 e. The van der Waals surface area contributed by atoms with Gasteiger partial charge in [-0.3, -0.25) is 9.59 Å². The number of Topliss-reactive ketones (excluding diaryl/α,β-unsaturated/α-hetero) is 1. The summed E-state index contributed by atoms with van der Waals surface area (Å²) in [4.78, 5) is 24.0. The Morgan fingerprint density at radius 2 is 1.88 bits per heavy atom. The topological polar surface area (TPSA) is 43.4 Å². The fourth-order valence-corrected chi connectivity index (χ4v) is 3.27. The average molecular weight is 222 g/mol. The molecular weight excluding hydrogens is 204 g/mol. The van der Waals surface area contributed by atoms with Gasteiger partial charge in [-0.25, -0.2) is 0 Å². The Hall–Kier alpha value is -1.12. The smallest absolute Gasteiger partial charge is 0.320 e. The Bertz CT molecular complexity index is 405. The molecule has 4 atom stereocenters. The molecular formula is C13H18O3. The Morgan fingerprint density at radius 3 is 2.31 bits per heavy atom. The molecule has 0 radical (unpaired) electrons. The molecule has 1 saturated carbocycles. The number of carbonyl (C=O) groups is 2.